The van der Waals surface area contributed by atoms with Gasteiger partial charge in [-0.05, 0) is 24.3 Å². The van der Waals surface area contributed by atoms with Crippen molar-refractivity contribution < 1.29 is 5.21 Å². The predicted molar refractivity (Wildman–Crippen MR) is 77.7 cm³/mol. The summed E-state index contributed by atoms with van der Waals surface area (Å²) in [7, 11) is 0. The molecule has 3 rings (SSSR count). The summed E-state index contributed by atoms with van der Waals surface area (Å²) in [6.07, 6.45) is 3.28. The zero-order valence-electron chi connectivity index (χ0n) is 9.86. The SMILES string of the molecule is ON=Cc1nc(-c2cccc(Br)c2)n2ccccc12. The Labute approximate surface area is 118 Å². The average molecular weight is 316 g/mol. The number of oxime groups is 1. The van der Waals surface area contributed by atoms with E-state index in [1.54, 1.807) is 0 Å². The number of aromatic nitrogens is 2. The van der Waals surface area contributed by atoms with E-state index in [1.807, 2.05) is 53.1 Å². The molecule has 0 spiro atoms. The maximum absolute atomic E-state index is 8.72. The van der Waals surface area contributed by atoms with Gasteiger partial charge in [0.25, 0.3) is 0 Å². The Kier molecular flexibility index (Phi) is 3.05. The zero-order chi connectivity index (χ0) is 13.2. The van der Waals surface area contributed by atoms with Gasteiger partial charge in [-0.25, -0.2) is 4.98 Å². The third-order valence-corrected chi connectivity index (χ3v) is 3.33. The second kappa shape index (κ2) is 4.85. The number of rotatable bonds is 2. The molecule has 0 aliphatic rings. The van der Waals surface area contributed by atoms with Gasteiger partial charge >= 0.3 is 0 Å². The Balaban J connectivity index is 2.29. The monoisotopic (exact) mass is 315 g/mol. The molecule has 0 unspecified atom stereocenters. The van der Waals surface area contributed by atoms with Crippen molar-refractivity contribution in [1.29, 1.82) is 0 Å². The molecular weight excluding hydrogens is 306 g/mol. The van der Waals surface area contributed by atoms with E-state index in [1.165, 1.54) is 6.21 Å². The quantitative estimate of drug-likeness (QED) is 0.446. The number of fused-ring (bicyclic) bond motifs is 1. The molecule has 94 valence electrons. The van der Waals surface area contributed by atoms with Crippen molar-refractivity contribution in [3.8, 4) is 11.4 Å². The van der Waals surface area contributed by atoms with E-state index in [0.717, 1.165) is 21.4 Å². The molecule has 3 aromatic rings. The van der Waals surface area contributed by atoms with Gasteiger partial charge < -0.3 is 5.21 Å². The summed E-state index contributed by atoms with van der Waals surface area (Å²) < 4.78 is 2.97. The van der Waals surface area contributed by atoms with Crippen LogP contribution in [-0.4, -0.2) is 20.8 Å². The van der Waals surface area contributed by atoms with E-state index in [9.17, 15) is 0 Å². The van der Waals surface area contributed by atoms with Crippen LogP contribution in [0.2, 0.25) is 0 Å². The van der Waals surface area contributed by atoms with Crippen molar-refractivity contribution in [2.45, 2.75) is 0 Å². The van der Waals surface area contributed by atoms with Crippen LogP contribution in [0.3, 0.4) is 0 Å². The molecule has 1 aromatic carbocycles. The largest absolute Gasteiger partial charge is 0.411 e. The standard InChI is InChI=1S/C14H10BrN3O/c15-11-5-3-4-10(8-11)14-17-12(9-16-19)13-6-1-2-7-18(13)14/h1-9,19H. The molecule has 0 amide bonds. The molecule has 0 bridgehead atoms. The van der Waals surface area contributed by atoms with E-state index in [0.29, 0.717) is 5.69 Å². The Morgan fingerprint density at radius 3 is 2.89 bits per heavy atom. The maximum Gasteiger partial charge on any atom is 0.145 e. The number of imidazole rings is 1. The molecule has 0 saturated carbocycles. The smallest absolute Gasteiger partial charge is 0.145 e. The highest BCUT2D eigenvalue weighted by Gasteiger charge is 2.11. The van der Waals surface area contributed by atoms with Crippen molar-refractivity contribution in [3.63, 3.8) is 0 Å². The predicted octanol–water partition coefficient (Wildman–Crippen LogP) is 3.57. The molecule has 19 heavy (non-hydrogen) atoms. The van der Waals surface area contributed by atoms with Crippen molar-refractivity contribution >= 4 is 27.7 Å². The minimum Gasteiger partial charge on any atom is -0.411 e. The third-order valence-electron chi connectivity index (χ3n) is 2.84. The summed E-state index contributed by atoms with van der Waals surface area (Å²) in [5.74, 6) is 0.812. The van der Waals surface area contributed by atoms with Crippen LogP contribution in [0.4, 0.5) is 0 Å². The van der Waals surface area contributed by atoms with Gasteiger partial charge in [0.05, 0.1) is 11.7 Å². The second-order valence-electron chi connectivity index (χ2n) is 4.03. The van der Waals surface area contributed by atoms with Crippen molar-refractivity contribution in [2.75, 3.05) is 0 Å². The Morgan fingerprint density at radius 2 is 2.11 bits per heavy atom. The highest BCUT2D eigenvalue weighted by molar-refractivity contribution is 9.10. The van der Waals surface area contributed by atoms with Crippen LogP contribution in [-0.2, 0) is 0 Å². The van der Waals surface area contributed by atoms with Gasteiger partial charge in [-0.15, -0.1) is 0 Å². The topological polar surface area (TPSA) is 49.9 Å². The molecule has 2 heterocycles. The molecular formula is C14H10BrN3O. The normalized spacial score (nSPS) is 11.4. The number of pyridine rings is 1. The highest BCUT2D eigenvalue weighted by Crippen LogP contribution is 2.24. The lowest BCUT2D eigenvalue weighted by Crippen LogP contribution is -1.88. The fraction of sp³-hybridized carbons (Fsp3) is 0. The number of benzene rings is 1. The van der Waals surface area contributed by atoms with Gasteiger partial charge in [0.15, 0.2) is 0 Å². The zero-order valence-corrected chi connectivity index (χ0v) is 11.4. The van der Waals surface area contributed by atoms with Crippen molar-refractivity contribution in [3.05, 3.63) is 58.8 Å². The van der Waals surface area contributed by atoms with Gasteiger partial charge in [-0.2, -0.15) is 0 Å². The van der Waals surface area contributed by atoms with Crippen LogP contribution in [0, 0.1) is 0 Å². The second-order valence-corrected chi connectivity index (χ2v) is 4.95. The number of halogens is 1. The first kappa shape index (κ1) is 11.9. The first-order valence-electron chi connectivity index (χ1n) is 5.70. The molecule has 0 radical (unpaired) electrons. The van der Waals surface area contributed by atoms with E-state index in [4.69, 9.17) is 5.21 Å². The summed E-state index contributed by atoms with van der Waals surface area (Å²) in [5.41, 5.74) is 2.53. The van der Waals surface area contributed by atoms with E-state index in [-0.39, 0.29) is 0 Å². The number of hydrogen-bond donors (Lipinski definition) is 1. The maximum atomic E-state index is 8.72. The van der Waals surface area contributed by atoms with Gasteiger partial charge in [0, 0.05) is 16.2 Å². The summed E-state index contributed by atoms with van der Waals surface area (Å²) in [4.78, 5) is 4.52. The van der Waals surface area contributed by atoms with Crippen LogP contribution in [0.5, 0.6) is 0 Å². The first-order chi connectivity index (χ1) is 9.29. The minimum atomic E-state index is 0.637. The summed E-state index contributed by atoms with van der Waals surface area (Å²) in [6, 6.07) is 13.7. The molecule has 0 saturated heterocycles. The Morgan fingerprint density at radius 1 is 1.21 bits per heavy atom. The van der Waals surface area contributed by atoms with Gasteiger partial charge in [-0.3, -0.25) is 4.40 Å². The Hall–Kier alpha value is -2.14. The molecule has 0 aliphatic carbocycles. The van der Waals surface area contributed by atoms with E-state index < -0.39 is 0 Å². The summed E-state index contributed by atoms with van der Waals surface area (Å²) in [6.45, 7) is 0. The first-order valence-corrected chi connectivity index (χ1v) is 6.49. The van der Waals surface area contributed by atoms with Gasteiger partial charge in [-0.1, -0.05) is 39.3 Å². The molecule has 0 fully saturated rings. The molecule has 5 heteroatoms. The fourth-order valence-corrected chi connectivity index (χ4v) is 2.44. The van der Waals surface area contributed by atoms with Crippen LogP contribution in [0.25, 0.3) is 16.9 Å². The van der Waals surface area contributed by atoms with Crippen LogP contribution in [0.15, 0.2) is 58.3 Å². The Bertz CT molecular complexity index is 764. The lowest BCUT2D eigenvalue weighted by molar-refractivity contribution is 0.322. The summed E-state index contributed by atoms with van der Waals surface area (Å²) in [5, 5.41) is 11.8. The van der Waals surface area contributed by atoms with Crippen LogP contribution >= 0.6 is 15.9 Å². The van der Waals surface area contributed by atoms with Crippen LogP contribution in [0.1, 0.15) is 5.69 Å². The molecule has 0 aliphatic heterocycles. The minimum absolute atomic E-state index is 0.637. The van der Waals surface area contributed by atoms with E-state index in [2.05, 4.69) is 26.1 Å². The average Bonchev–Trinajstić information content (AvgIpc) is 2.79. The molecule has 1 N–H and O–H groups in total. The van der Waals surface area contributed by atoms with Gasteiger partial charge in [0.2, 0.25) is 0 Å². The van der Waals surface area contributed by atoms with Crippen molar-refractivity contribution in [1.82, 2.24) is 9.38 Å². The van der Waals surface area contributed by atoms with Gasteiger partial charge in [0.1, 0.15) is 11.5 Å². The lowest BCUT2D eigenvalue weighted by Gasteiger charge is -2.01. The summed E-state index contributed by atoms with van der Waals surface area (Å²) >= 11 is 3.46. The highest BCUT2D eigenvalue weighted by atomic mass is 79.9. The van der Waals surface area contributed by atoms with E-state index >= 15 is 0 Å². The third kappa shape index (κ3) is 2.13. The molecule has 2 aromatic heterocycles. The molecule has 0 atom stereocenters. The van der Waals surface area contributed by atoms with Crippen molar-refractivity contribution in [2.24, 2.45) is 5.16 Å². The molecule has 4 nitrogen and oxygen atoms in total. The number of nitrogens with zero attached hydrogens (tertiary/aromatic N) is 3. The lowest BCUT2D eigenvalue weighted by atomic mass is 10.2. The van der Waals surface area contributed by atoms with Crippen LogP contribution < -0.4 is 0 Å². The number of hydrogen-bond acceptors (Lipinski definition) is 3. The fourth-order valence-electron chi connectivity index (χ4n) is 2.04.